The molecule has 2 aromatic carbocycles. The average Bonchev–Trinajstić information content (AvgIpc) is 2.92. The Morgan fingerprint density at radius 2 is 2.00 bits per heavy atom. The van der Waals surface area contributed by atoms with Gasteiger partial charge in [-0.25, -0.2) is 9.37 Å². The number of aromatic nitrogens is 2. The number of nitrogens with zero attached hydrogens (tertiary/aromatic N) is 5. The zero-order valence-corrected chi connectivity index (χ0v) is 21.1. The Labute approximate surface area is 214 Å². The molecule has 1 atom stereocenters. The Bertz CT molecular complexity index is 1370. The van der Waals surface area contributed by atoms with E-state index in [1.165, 1.54) is 14.2 Å². The fraction of sp³-hybridized carbons (Fsp3) is 0.333. The minimum absolute atomic E-state index is 0.0476. The SMILES string of the molecule is CCCC1CN(C(=O)C=Cc2ccc(C#N)cc2)CCN1c1nc(N)c2cc(OC)c(OC)c(F)c2n1. The number of rotatable bonds is 7. The van der Waals surface area contributed by atoms with Gasteiger partial charge in [0.2, 0.25) is 11.9 Å². The van der Waals surface area contributed by atoms with Crippen LogP contribution in [-0.2, 0) is 4.79 Å². The summed E-state index contributed by atoms with van der Waals surface area (Å²) in [5, 5.41) is 9.28. The van der Waals surface area contributed by atoms with Crippen LogP contribution in [0, 0.1) is 17.1 Å². The lowest BCUT2D eigenvalue weighted by molar-refractivity contribution is -0.126. The van der Waals surface area contributed by atoms with E-state index in [-0.39, 0.29) is 34.8 Å². The second-order valence-electron chi connectivity index (χ2n) is 8.72. The first-order valence-corrected chi connectivity index (χ1v) is 12.0. The molecule has 1 aromatic heterocycles. The number of nitriles is 1. The molecule has 0 spiro atoms. The molecule has 9 nitrogen and oxygen atoms in total. The summed E-state index contributed by atoms with van der Waals surface area (Å²) >= 11 is 0. The maximum atomic E-state index is 15.3. The summed E-state index contributed by atoms with van der Waals surface area (Å²) in [6.45, 7) is 3.46. The zero-order valence-electron chi connectivity index (χ0n) is 21.1. The summed E-state index contributed by atoms with van der Waals surface area (Å²) in [6, 6.07) is 10.6. The molecule has 1 aliphatic heterocycles. The third kappa shape index (κ3) is 5.26. The summed E-state index contributed by atoms with van der Waals surface area (Å²) in [5.41, 5.74) is 7.68. The number of benzene rings is 2. The number of anilines is 2. The number of fused-ring (bicyclic) bond motifs is 1. The summed E-state index contributed by atoms with van der Waals surface area (Å²) in [4.78, 5) is 25.7. The van der Waals surface area contributed by atoms with Crippen molar-refractivity contribution in [3.05, 3.63) is 53.4 Å². The predicted octanol–water partition coefficient (Wildman–Crippen LogP) is 3.77. The molecule has 2 N–H and O–H groups in total. The van der Waals surface area contributed by atoms with Gasteiger partial charge in [0.25, 0.3) is 0 Å². The van der Waals surface area contributed by atoms with E-state index < -0.39 is 5.82 Å². The van der Waals surface area contributed by atoms with Gasteiger partial charge in [-0.3, -0.25) is 4.79 Å². The summed E-state index contributed by atoms with van der Waals surface area (Å²) in [7, 11) is 2.78. The van der Waals surface area contributed by atoms with Crippen LogP contribution in [0.5, 0.6) is 11.5 Å². The number of methoxy groups -OCH3 is 2. The van der Waals surface area contributed by atoms with Crippen LogP contribution >= 0.6 is 0 Å². The fourth-order valence-electron chi connectivity index (χ4n) is 4.51. The summed E-state index contributed by atoms with van der Waals surface area (Å²) in [5.74, 6) is -0.157. The van der Waals surface area contributed by atoms with Crippen molar-refractivity contribution in [2.45, 2.75) is 25.8 Å². The molecular weight excluding hydrogens is 475 g/mol. The van der Waals surface area contributed by atoms with Crippen LogP contribution in [0.4, 0.5) is 16.2 Å². The Hall–Kier alpha value is -4.39. The topological polar surface area (TPSA) is 118 Å². The van der Waals surface area contributed by atoms with Gasteiger partial charge in [0, 0.05) is 37.1 Å². The molecule has 1 saturated heterocycles. The van der Waals surface area contributed by atoms with Crippen LogP contribution in [0.2, 0.25) is 0 Å². The number of piperazine rings is 1. The van der Waals surface area contributed by atoms with Crippen molar-refractivity contribution in [2.75, 3.05) is 44.5 Å². The van der Waals surface area contributed by atoms with Crippen LogP contribution in [-0.4, -0.2) is 60.7 Å². The number of hydrogen-bond donors (Lipinski definition) is 1. The van der Waals surface area contributed by atoms with Crippen LogP contribution in [0.25, 0.3) is 17.0 Å². The lowest BCUT2D eigenvalue weighted by Crippen LogP contribution is -2.55. The molecule has 37 heavy (non-hydrogen) atoms. The van der Waals surface area contributed by atoms with Crippen LogP contribution in [0.1, 0.15) is 30.9 Å². The maximum absolute atomic E-state index is 15.3. The molecule has 0 radical (unpaired) electrons. The van der Waals surface area contributed by atoms with Gasteiger partial charge in [0.1, 0.15) is 11.3 Å². The van der Waals surface area contributed by atoms with Crippen molar-refractivity contribution in [3.8, 4) is 17.6 Å². The number of halogens is 1. The third-order valence-corrected chi connectivity index (χ3v) is 6.43. The predicted molar refractivity (Wildman–Crippen MR) is 140 cm³/mol. The third-order valence-electron chi connectivity index (χ3n) is 6.43. The minimum atomic E-state index is -0.666. The molecule has 192 valence electrons. The van der Waals surface area contributed by atoms with Gasteiger partial charge in [-0.2, -0.15) is 10.2 Å². The molecule has 0 aliphatic carbocycles. The monoisotopic (exact) mass is 504 g/mol. The van der Waals surface area contributed by atoms with E-state index in [9.17, 15) is 4.79 Å². The molecular formula is C27H29FN6O3. The van der Waals surface area contributed by atoms with Gasteiger partial charge in [0.05, 0.1) is 25.9 Å². The van der Waals surface area contributed by atoms with Gasteiger partial charge < -0.3 is 25.0 Å². The normalized spacial score (nSPS) is 15.7. The number of carbonyl (C=O) groups excluding carboxylic acids is 1. The van der Waals surface area contributed by atoms with Crippen LogP contribution in [0.15, 0.2) is 36.4 Å². The standard InChI is InChI=1S/C27H29FN6O3/c1-4-5-19-16-33(22(35)11-10-17-6-8-18(15-29)9-7-17)12-13-34(19)27-31-24-20(26(30)32-27)14-21(36-2)25(37-3)23(24)28/h6-11,14,19H,4-5,12-13,16H2,1-3H3,(H2,30,31,32). The van der Waals surface area contributed by atoms with Crippen molar-refractivity contribution in [1.29, 1.82) is 5.26 Å². The number of amides is 1. The van der Waals surface area contributed by atoms with Crippen molar-refractivity contribution < 1.29 is 18.7 Å². The quantitative estimate of drug-likeness (QED) is 0.483. The molecule has 1 fully saturated rings. The van der Waals surface area contributed by atoms with Gasteiger partial charge in [-0.05, 0) is 36.3 Å². The first kappa shape index (κ1) is 25.7. The van der Waals surface area contributed by atoms with Crippen LogP contribution < -0.4 is 20.1 Å². The lowest BCUT2D eigenvalue weighted by atomic mass is 10.1. The average molecular weight is 505 g/mol. The Morgan fingerprint density at radius 3 is 2.65 bits per heavy atom. The highest BCUT2D eigenvalue weighted by Gasteiger charge is 2.31. The minimum Gasteiger partial charge on any atom is -0.493 e. The van der Waals surface area contributed by atoms with Crippen LogP contribution in [0.3, 0.4) is 0 Å². The Kier molecular flexibility index (Phi) is 7.72. The number of nitrogens with two attached hydrogens (primary N) is 1. The molecule has 0 bridgehead atoms. The number of carbonyl (C=O) groups is 1. The molecule has 1 amide bonds. The second-order valence-corrected chi connectivity index (χ2v) is 8.72. The molecule has 2 heterocycles. The summed E-state index contributed by atoms with van der Waals surface area (Å²) < 4.78 is 25.7. The molecule has 3 aromatic rings. The van der Waals surface area contributed by atoms with Crippen molar-refractivity contribution in [2.24, 2.45) is 0 Å². The Balaban J connectivity index is 1.58. The van der Waals surface area contributed by atoms with Gasteiger partial charge in [-0.15, -0.1) is 0 Å². The van der Waals surface area contributed by atoms with E-state index in [4.69, 9.17) is 20.5 Å². The van der Waals surface area contributed by atoms with E-state index in [1.807, 2.05) is 4.90 Å². The van der Waals surface area contributed by atoms with E-state index in [0.717, 1.165) is 18.4 Å². The molecule has 4 rings (SSSR count). The van der Waals surface area contributed by atoms with Gasteiger partial charge in [-0.1, -0.05) is 25.5 Å². The van der Waals surface area contributed by atoms with E-state index in [2.05, 4.69) is 23.0 Å². The highest BCUT2D eigenvalue weighted by molar-refractivity contribution is 5.93. The molecule has 1 unspecified atom stereocenters. The van der Waals surface area contributed by atoms with E-state index in [0.29, 0.717) is 36.5 Å². The second kappa shape index (κ2) is 11.1. The van der Waals surface area contributed by atoms with Gasteiger partial charge in [0.15, 0.2) is 17.3 Å². The number of nitrogen functional groups attached to an aromatic ring is 1. The van der Waals surface area contributed by atoms with Gasteiger partial charge >= 0.3 is 0 Å². The first-order valence-electron chi connectivity index (χ1n) is 12.0. The fourth-order valence-corrected chi connectivity index (χ4v) is 4.51. The first-order chi connectivity index (χ1) is 17.9. The van der Waals surface area contributed by atoms with E-state index >= 15 is 4.39 Å². The molecule has 10 heteroatoms. The van der Waals surface area contributed by atoms with Crippen molar-refractivity contribution in [1.82, 2.24) is 14.9 Å². The number of ether oxygens (including phenoxy) is 2. The molecule has 0 saturated carbocycles. The van der Waals surface area contributed by atoms with Crippen molar-refractivity contribution in [3.63, 3.8) is 0 Å². The lowest BCUT2D eigenvalue weighted by Gasteiger charge is -2.41. The highest BCUT2D eigenvalue weighted by atomic mass is 19.1. The smallest absolute Gasteiger partial charge is 0.246 e. The zero-order chi connectivity index (χ0) is 26.5. The largest absolute Gasteiger partial charge is 0.493 e. The van der Waals surface area contributed by atoms with Crippen molar-refractivity contribution >= 4 is 34.7 Å². The Morgan fingerprint density at radius 1 is 1.24 bits per heavy atom. The number of hydrogen-bond acceptors (Lipinski definition) is 8. The maximum Gasteiger partial charge on any atom is 0.246 e. The summed E-state index contributed by atoms with van der Waals surface area (Å²) in [6.07, 6.45) is 4.95. The highest BCUT2D eigenvalue weighted by Crippen LogP contribution is 2.38. The molecule has 1 aliphatic rings. The van der Waals surface area contributed by atoms with E-state index in [1.54, 1.807) is 47.4 Å².